The van der Waals surface area contributed by atoms with Crippen LogP contribution in [0.3, 0.4) is 0 Å². The van der Waals surface area contributed by atoms with Crippen molar-refractivity contribution in [1.29, 1.82) is 0 Å². The van der Waals surface area contributed by atoms with Gasteiger partial charge in [0.25, 0.3) is 0 Å². The molecule has 3 heteroatoms. The Morgan fingerprint density at radius 1 is 1.21 bits per heavy atom. The number of benzene rings is 1. The van der Waals surface area contributed by atoms with Crippen molar-refractivity contribution >= 4 is 11.8 Å². The molecule has 1 aliphatic heterocycles. The minimum atomic E-state index is 0.609. The fourth-order valence-electron chi connectivity index (χ4n) is 2.78. The van der Waals surface area contributed by atoms with Crippen LogP contribution in [0.5, 0.6) is 0 Å². The van der Waals surface area contributed by atoms with Crippen LogP contribution >= 0.6 is 11.8 Å². The van der Waals surface area contributed by atoms with Gasteiger partial charge in [-0.05, 0) is 30.4 Å². The van der Waals surface area contributed by atoms with Crippen LogP contribution in [0.4, 0.5) is 0 Å². The highest BCUT2D eigenvalue weighted by atomic mass is 32.2. The van der Waals surface area contributed by atoms with Gasteiger partial charge < -0.3 is 5.32 Å². The van der Waals surface area contributed by atoms with Crippen molar-refractivity contribution in [3.63, 3.8) is 0 Å². The van der Waals surface area contributed by atoms with Gasteiger partial charge in [0.2, 0.25) is 0 Å². The van der Waals surface area contributed by atoms with E-state index in [2.05, 4.69) is 47.7 Å². The van der Waals surface area contributed by atoms with E-state index < -0.39 is 0 Å². The van der Waals surface area contributed by atoms with Crippen LogP contribution in [-0.4, -0.2) is 37.3 Å². The molecule has 0 bridgehead atoms. The minimum absolute atomic E-state index is 0.609. The van der Waals surface area contributed by atoms with Crippen molar-refractivity contribution in [2.24, 2.45) is 0 Å². The smallest absolute Gasteiger partial charge is 0.0349 e. The lowest BCUT2D eigenvalue weighted by Gasteiger charge is -2.35. The molecule has 1 N–H and O–H groups in total. The van der Waals surface area contributed by atoms with Gasteiger partial charge in [-0.25, -0.2) is 0 Å². The number of rotatable bonds is 6. The van der Waals surface area contributed by atoms with E-state index in [9.17, 15) is 0 Å². The monoisotopic (exact) mass is 278 g/mol. The molecule has 1 saturated heterocycles. The van der Waals surface area contributed by atoms with Crippen molar-refractivity contribution in [3.05, 3.63) is 29.8 Å². The molecular weight excluding hydrogens is 252 g/mol. The summed E-state index contributed by atoms with van der Waals surface area (Å²) in [6.45, 7) is 6.90. The Morgan fingerprint density at radius 3 is 2.47 bits per heavy atom. The third kappa shape index (κ3) is 4.23. The molecule has 0 aliphatic carbocycles. The van der Waals surface area contributed by atoms with Gasteiger partial charge in [0.1, 0.15) is 0 Å². The van der Waals surface area contributed by atoms with Crippen LogP contribution in [0.25, 0.3) is 0 Å². The van der Waals surface area contributed by atoms with Gasteiger partial charge in [0.05, 0.1) is 0 Å². The lowest BCUT2D eigenvalue weighted by molar-refractivity contribution is 0.163. The van der Waals surface area contributed by atoms with Gasteiger partial charge in [0, 0.05) is 37.1 Å². The number of nitrogens with one attached hydrogen (secondary N) is 1. The van der Waals surface area contributed by atoms with Crippen molar-refractivity contribution in [1.82, 2.24) is 10.2 Å². The molecular formula is C16H26N2S. The Balaban J connectivity index is 2.10. The lowest BCUT2D eigenvalue weighted by atomic mass is 9.99. The normalized spacial score (nSPS) is 18.4. The molecule has 0 saturated carbocycles. The molecule has 1 fully saturated rings. The van der Waals surface area contributed by atoms with E-state index >= 15 is 0 Å². The maximum absolute atomic E-state index is 3.45. The summed E-state index contributed by atoms with van der Waals surface area (Å²) in [7, 11) is 0. The van der Waals surface area contributed by atoms with Crippen LogP contribution in [0.1, 0.15) is 37.8 Å². The standard InChI is InChI=1S/C16H26N2S/c1-3-4-5-16(18-12-10-17-11-13-18)14-6-8-15(19-2)9-7-14/h6-9,16-17H,3-5,10-13H2,1-2H3/t16-/m1/s1. The Morgan fingerprint density at radius 2 is 1.89 bits per heavy atom. The second-order valence-corrected chi connectivity index (χ2v) is 6.10. The Bertz CT molecular complexity index is 358. The Kier molecular flexibility index (Phi) is 6.21. The highest BCUT2D eigenvalue weighted by Gasteiger charge is 2.21. The summed E-state index contributed by atoms with van der Waals surface area (Å²) in [6.07, 6.45) is 6.03. The van der Waals surface area contributed by atoms with Crippen LogP contribution in [0.15, 0.2) is 29.2 Å². The van der Waals surface area contributed by atoms with Crippen LogP contribution in [0, 0.1) is 0 Å². The van der Waals surface area contributed by atoms with Crippen molar-refractivity contribution in [2.45, 2.75) is 37.1 Å². The Labute approximate surface area is 122 Å². The van der Waals surface area contributed by atoms with Crippen molar-refractivity contribution in [2.75, 3.05) is 32.4 Å². The highest BCUT2D eigenvalue weighted by Crippen LogP contribution is 2.28. The summed E-state index contributed by atoms with van der Waals surface area (Å²) in [5, 5.41) is 3.45. The molecule has 106 valence electrons. The predicted molar refractivity (Wildman–Crippen MR) is 84.9 cm³/mol. The molecule has 0 spiro atoms. The molecule has 19 heavy (non-hydrogen) atoms. The van der Waals surface area contributed by atoms with Gasteiger partial charge in [-0.2, -0.15) is 0 Å². The molecule has 0 radical (unpaired) electrons. The van der Waals surface area contributed by atoms with E-state index in [1.807, 2.05) is 11.8 Å². The third-order valence-electron chi connectivity index (χ3n) is 3.92. The SMILES string of the molecule is CCCC[C@H](c1ccc(SC)cc1)N1CCNCC1. The molecule has 0 unspecified atom stereocenters. The zero-order valence-electron chi connectivity index (χ0n) is 12.2. The fraction of sp³-hybridized carbons (Fsp3) is 0.625. The zero-order valence-corrected chi connectivity index (χ0v) is 13.0. The van der Waals surface area contributed by atoms with E-state index in [-0.39, 0.29) is 0 Å². The number of piperazine rings is 1. The minimum Gasteiger partial charge on any atom is -0.314 e. The van der Waals surface area contributed by atoms with Crippen molar-refractivity contribution < 1.29 is 0 Å². The first-order valence-electron chi connectivity index (χ1n) is 7.44. The number of thioether (sulfide) groups is 1. The summed E-state index contributed by atoms with van der Waals surface area (Å²) >= 11 is 1.82. The average molecular weight is 278 g/mol. The zero-order chi connectivity index (χ0) is 13.5. The van der Waals surface area contributed by atoms with E-state index in [4.69, 9.17) is 0 Å². The molecule has 1 heterocycles. The molecule has 0 aromatic heterocycles. The van der Waals surface area contributed by atoms with E-state index in [1.165, 1.54) is 42.8 Å². The topological polar surface area (TPSA) is 15.3 Å². The van der Waals surface area contributed by atoms with Gasteiger partial charge in [-0.1, -0.05) is 31.9 Å². The molecule has 0 amide bonds. The first kappa shape index (κ1) is 14.9. The summed E-state index contributed by atoms with van der Waals surface area (Å²) in [5.41, 5.74) is 1.49. The van der Waals surface area contributed by atoms with Crippen LogP contribution in [-0.2, 0) is 0 Å². The van der Waals surface area contributed by atoms with E-state index in [1.54, 1.807) is 0 Å². The second-order valence-electron chi connectivity index (χ2n) is 5.22. The Hall–Kier alpha value is -0.510. The first-order chi connectivity index (χ1) is 9.35. The van der Waals surface area contributed by atoms with Crippen molar-refractivity contribution in [3.8, 4) is 0 Å². The van der Waals surface area contributed by atoms with E-state index in [0.29, 0.717) is 6.04 Å². The van der Waals surface area contributed by atoms with E-state index in [0.717, 1.165) is 13.1 Å². The predicted octanol–water partition coefficient (Wildman–Crippen LogP) is 3.55. The summed E-state index contributed by atoms with van der Waals surface area (Å²) in [4.78, 5) is 4.01. The summed E-state index contributed by atoms with van der Waals surface area (Å²) < 4.78 is 0. The molecule has 1 aromatic rings. The van der Waals surface area contributed by atoms with Gasteiger partial charge >= 0.3 is 0 Å². The molecule has 2 nitrogen and oxygen atoms in total. The van der Waals surface area contributed by atoms with Gasteiger partial charge in [0.15, 0.2) is 0 Å². The summed E-state index contributed by atoms with van der Waals surface area (Å²) in [5.74, 6) is 0. The maximum atomic E-state index is 3.45. The van der Waals surface area contributed by atoms with Gasteiger partial charge in [-0.15, -0.1) is 11.8 Å². The largest absolute Gasteiger partial charge is 0.314 e. The second kappa shape index (κ2) is 7.93. The number of hydrogen-bond acceptors (Lipinski definition) is 3. The molecule has 1 aromatic carbocycles. The first-order valence-corrected chi connectivity index (χ1v) is 8.66. The fourth-order valence-corrected chi connectivity index (χ4v) is 3.19. The third-order valence-corrected chi connectivity index (χ3v) is 4.67. The molecule has 2 rings (SSSR count). The maximum Gasteiger partial charge on any atom is 0.0349 e. The molecule has 1 atom stereocenters. The van der Waals surface area contributed by atoms with Crippen LogP contribution < -0.4 is 5.32 Å². The number of unbranched alkanes of at least 4 members (excludes halogenated alkanes) is 1. The number of nitrogens with zero attached hydrogens (tertiary/aromatic N) is 1. The highest BCUT2D eigenvalue weighted by molar-refractivity contribution is 7.98. The van der Waals surface area contributed by atoms with Gasteiger partial charge in [-0.3, -0.25) is 4.90 Å². The van der Waals surface area contributed by atoms with Crippen LogP contribution in [0.2, 0.25) is 0 Å². The quantitative estimate of drug-likeness (QED) is 0.801. The average Bonchev–Trinajstić information content (AvgIpc) is 2.49. The summed E-state index contributed by atoms with van der Waals surface area (Å²) in [6, 6.07) is 9.79. The number of hydrogen-bond donors (Lipinski definition) is 1. The lowest BCUT2D eigenvalue weighted by Crippen LogP contribution is -2.45. The molecule has 1 aliphatic rings.